The lowest BCUT2D eigenvalue weighted by Gasteiger charge is -2.11. The number of rotatable bonds is 5. The molecule has 0 radical (unpaired) electrons. The summed E-state index contributed by atoms with van der Waals surface area (Å²) in [5, 5.41) is 10.8. The molecule has 1 heterocycles. The fourth-order valence-corrected chi connectivity index (χ4v) is 1.15. The van der Waals surface area contributed by atoms with E-state index in [0.717, 1.165) is 0 Å². The molecular weight excluding hydrogens is 240 g/mol. The van der Waals surface area contributed by atoms with Crippen molar-refractivity contribution in [3.63, 3.8) is 0 Å². The van der Waals surface area contributed by atoms with Gasteiger partial charge < -0.3 is 9.47 Å². The van der Waals surface area contributed by atoms with Crippen molar-refractivity contribution >= 4 is 11.7 Å². The third-order valence-electron chi connectivity index (χ3n) is 2.32. The summed E-state index contributed by atoms with van der Waals surface area (Å²) < 4.78 is 9.83. The summed E-state index contributed by atoms with van der Waals surface area (Å²) in [6, 6.07) is 2.41. The summed E-state index contributed by atoms with van der Waals surface area (Å²) in [7, 11) is 1.21. The van der Waals surface area contributed by atoms with Crippen molar-refractivity contribution in [2.45, 2.75) is 26.4 Å². The van der Waals surface area contributed by atoms with Crippen molar-refractivity contribution in [1.82, 2.24) is 4.98 Å². The number of aromatic nitrogens is 1. The van der Waals surface area contributed by atoms with Gasteiger partial charge in [-0.2, -0.15) is 0 Å². The van der Waals surface area contributed by atoms with Crippen LogP contribution in [-0.4, -0.2) is 29.1 Å². The molecule has 0 saturated carbocycles. The summed E-state index contributed by atoms with van der Waals surface area (Å²) in [5.74, 6) is -0.837. The Bertz CT molecular complexity index is 461. The quantitative estimate of drug-likeness (QED) is 0.453. The lowest BCUT2D eigenvalue weighted by atomic mass is 10.3. The SMILES string of the molecule is CCC(C)Oc1nc(C(=O)OC)ccc1[N+](=O)[O-]. The molecule has 1 rings (SSSR count). The second-order valence-corrected chi connectivity index (χ2v) is 3.61. The van der Waals surface area contributed by atoms with Gasteiger partial charge in [0, 0.05) is 6.07 Å². The number of carbonyl (C=O) groups excluding carboxylic acids is 1. The Morgan fingerprint density at radius 3 is 2.72 bits per heavy atom. The number of hydrogen-bond acceptors (Lipinski definition) is 6. The largest absolute Gasteiger partial charge is 0.470 e. The third-order valence-corrected chi connectivity index (χ3v) is 2.32. The van der Waals surface area contributed by atoms with Crippen LogP contribution in [0.5, 0.6) is 5.88 Å². The number of pyridine rings is 1. The molecule has 0 aliphatic heterocycles. The highest BCUT2D eigenvalue weighted by molar-refractivity contribution is 5.87. The van der Waals surface area contributed by atoms with E-state index in [-0.39, 0.29) is 23.4 Å². The Morgan fingerprint density at radius 2 is 2.22 bits per heavy atom. The number of ether oxygens (including phenoxy) is 2. The average molecular weight is 254 g/mol. The predicted octanol–water partition coefficient (Wildman–Crippen LogP) is 1.95. The Kier molecular flexibility index (Phi) is 4.59. The Hall–Kier alpha value is -2.18. The number of nitrogens with zero attached hydrogens (tertiary/aromatic N) is 2. The first-order valence-corrected chi connectivity index (χ1v) is 5.40. The molecule has 1 unspecified atom stereocenters. The fourth-order valence-electron chi connectivity index (χ4n) is 1.15. The van der Waals surface area contributed by atoms with E-state index >= 15 is 0 Å². The first kappa shape index (κ1) is 13.9. The normalized spacial score (nSPS) is 11.7. The van der Waals surface area contributed by atoms with Crippen LogP contribution in [0.2, 0.25) is 0 Å². The van der Waals surface area contributed by atoms with Crippen molar-refractivity contribution in [3.8, 4) is 5.88 Å². The predicted molar refractivity (Wildman–Crippen MR) is 62.6 cm³/mol. The molecule has 0 saturated heterocycles. The van der Waals surface area contributed by atoms with E-state index in [9.17, 15) is 14.9 Å². The summed E-state index contributed by atoms with van der Waals surface area (Å²) >= 11 is 0. The molecule has 0 amide bonds. The molecule has 7 nitrogen and oxygen atoms in total. The van der Waals surface area contributed by atoms with Crippen molar-refractivity contribution in [2.75, 3.05) is 7.11 Å². The minimum atomic E-state index is -0.668. The van der Waals surface area contributed by atoms with Crippen molar-refractivity contribution < 1.29 is 19.2 Å². The molecule has 0 fully saturated rings. The highest BCUT2D eigenvalue weighted by atomic mass is 16.6. The van der Waals surface area contributed by atoms with Crippen LogP contribution >= 0.6 is 0 Å². The Balaban J connectivity index is 3.15. The highest BCUT2D eigenvalue weighted by Gasteiger charge is 2.21. The van der Waals surface area contributed by atoms with Gasteiger partial charge in [0.2, 0.25) is 0 Å². The van der Waals surface area contributed by atoms with Crippen LogP contribution < -0.4 is 4.74 Å². The Labute approximate surface area is 104 Å². The second kappa shape index (κ2) is 5.95. The molecule has 18 heavy (non-hydrogen) atoms. The first-order chi connectivity index (χ1) is 8.49. The van der Waals surface area contributed by atoms with Crippen LogP contribution in [0, 0.1) is 10.1 Å². The minimum Gasteiger partial charge on any atom is -0.470 e. The monoisotopic (exact) mass is 254 g/mol. The topological polar surface area (TPSA) is 91.6 Å². The van der Waals surface area contributed by atoms with Crippen LogP contribution in [0.1, 0.15) is 30.8 Å². The van der Waals surface area contributed by atoms with Crippen LogP contribution in [0.3, 0.4) is 0 Å². The van der Waals surface area contributed by atoms with Crippen LogP contribution in [0.4, 0.5) is 5.69 Å². The van der Waals surface area contributed by atoms with E-state index < -0.39 is 10.9 Å². The number of hydrogen-bond donors (Lipinski definition) is 0. The van der Waals surface area contributed by atoms with Gasteiger partial charge in [-0.25, -0.2) is 9.78 Å². The summed E-state index contributed by atoms with van der Waals surface area (Å²) in [5.41, 5.74) is -0.302. The maximum absolute atomic E-state index is 11.3. The lowest BCUT2D eigenvalue weighted by molar-refractivity contribution is -0.386. The molecule has 0 aliphatic rings. The molecule has 1 aromatic heterocycles. The first-order valence-electron chi connectivity index (χ1n) is 5.40. The smallest absolute Gasteiger partial charge is 0.356 e. The van der Waals surface area contributed by atoms with Gasteiger partial charge in [0.05, 0.1) is 18.1 Å². The zero-order chi connectivity index (χ0) is 13.7. The van der Waals surface area contributed by atoms with Crippen LogP contribution in [-0.2, 0) is 4.74 Å². The molecule has 1 aromatic rings. The summed E-state index contributed by atoms with van der Waals surface area (Å²) in [4.78, 5) is 25.3. The van der Waals surface area contributed by atoms with Crippen LogP contribution in [0.15, 0.2) is 12.1 Å². The van der Waals surface area contributed by atoms with Gasteiger partial charge in [-0.05, 0) is 19.4 Å². The number of nitro groups is 1. The lowest BCUT2D eigenvalue weighted by Crippen LogP contribution is -2.14. The van der Waals surface area contributed by atoms with Gasteiger partial charge in [-0.1, -0.05) is 6.92 Å². The number of carbonyl (C=O) groups is 1. The molecule has 98 valence electrons. The van der Waals surface area contributed by atoms with Gasteiger partial charge >= 0.3 is 11.7 Å². The summed E-state index contributed by atoms with van der Waals surface area (Å²) in [6.45, 7) is 3.64. The molecule has 0 spiro atoms. The van der Waals surface area contributed by atoms with Gasteiger partial charge in [0.25, 0.3) is 5.88 Å². The third kappa shape index (κ3) is 3.16. The zero-order valence-corrected chi connectivity index (χ0v) is 10.4. The minimum absolute atomic E-state index is 0.0265. The van der Waals surface area contributed by atoms with Gasteiger partial charge in [0.15, 0.2) is 5.69 Å². The van der Waals surface area contributed by atoms with E-state index in [2.05, 4.69) is 9.72 Å². The average Bonchev–Trinajstić information content (AvgIpc) is 2.37. The molecule has 1 atom stereocenters. The fraction of sp³-hybridized carbons (Fsp3) is 0.455. The summed E-state index contributed by atoms with van der Waals surface area (Å²) in [6.07, 6.45) is 0.436. The number of methoxy groups -OCH3 is 1. The van der Waals surface area contributed by atoms with E-state index in [0.29, 0.717) is 6.42 Å². The van der Waals surface area contributed by atoms with E-state index in [1.165, 1.54) is 19.2 Å². The number of esters is 1. The second-order valence-electron chi connectivity index (χ2n) is 3.61. The molecular formula is C11H14N2O5. The molecule has 0 bridgehead atoms. The highest BCUT2D eigenvalue weighted by Crippen LogP contribution is 2.26. The van der Waals surface area contributed by atoms with Crippen molar-refractivity contribution in [2.24, 2.45) is 0 Å². The van der Waals surface area contributed by atoms with E-state index in [1.807, 2.05) is 6.92 Å². The maximum Gasteiger partial charge on any atom is 0.356 e. The molecule has 0 aromatic carbocycles. The molecule has 0 aliphatic carbocycles. The maximum atomic E-state index is 11.3. The van der Waals surface area contributed by atoms with E-state index in [1.54, 1.807) is 6.92 Å². The Morgan fingerprint density at radius 1 is 1.56 bits per heavy atom. The van der Waals surface area contributed by atoms with Crippen molar-refractivity contribution in [3.05, 3.63) is 27.9 Å². The zero-order valence-electron chi connectivity index (χ0n) is 10.4. The van der Waals surface area contributed by atoms with Gasteiger partial charge in [-0.3, -0.25) is 10.1 Å². The van der Waals surface area contributed by atoms with Crippen molar-refractivity contribution in [1.29, 1.82) is 0 Å². The van der Waals surface area contributed by atoms with Gasteiger partial charge in [-0.15, -0.1) is 0 Å². The van der Waals surface area contributed by atoms with E-state index in [4.69, 9.17) is 4.74 Å². The van der Waals surface area contributed by atoms with Crippen LogP contribution in [0.25, 0.3) is 0 Å². The molecule has 7 heteroatoms. The molecule has 0 N–H and O–H groups in total. The standard InChI is InChI=1S/C11H14N2O5/c1-4-7(2)18-10-9(13(15)16)6-5-8(12-10)11(14)17-3/h5-7H,4H2,1-3H3. The van der Waals surface area contributed by atoms with Gasteiger partial charge in [0.1, 0.15) is 0 Å².